The van der Waals surface area contributed by atoms with Crippen LogP contribution in [-0.2, 0) is 26.7 Å². The quantitative estimate of drug-likeness (QED) is 0.317. The molecular weight excluding hydrogens is 504 g/mol. The van der Waals surface area contributed by atoms with Crippen molar-refractivity contribution in [2.24, 2.45) is 0 Å². The smallest absolute Gasteiger partial charge is 0.266 e. The summed E-state index contributed by atoms with van der Waals surface area (Å²) in [6.07, 6.45) is 3.43. The van der Waals surface area contributed by atoms with Crippen LogP contribution >= 0.6 is 11.8 Å². The molecule has 1 saturated heterocycles. The molecule has 4 rings (SSSR count). The number of anilines is 1. The summed E-state index contributed by atoms with van der Waals surface area (Å²) in [6.45, 7) is 8.67. The first-order valence-electron chi connectivity index (χ1n) is 12.6. The molecular formula is C25H37F2N3O4SSi. The molecule has 1 aromatic heterocycles. The van der Waals surface area contributed by atoms with Crippen molar-refractivity contribution in [2.75, 3.05) is 32.2 Å². The zero-order chi connectivity index (χ0) is 25.9. The first-order chi connectivity index (χ1) is 17.2. The topological polar surface area (TPSA) is 74.6 Å². The highest BCUT2D eigenvalue weighted by Crippen LogP contribution is 2.31. The van der Waals surface area contributed by atoms with Crippen LogP contribution in [0.4, 0.5) is 14.5 Å². The fourth-order valence-electron chi connectivity index (χ4n) is 4.37. The van der Waals surface area contributed by atoms with Crippen molar-refractivity contribution < 1.29 is 23.0 Å². The van der Waals surface area contributed by atoms with Crippen LogP contribution in [0.15, 0.2) is 10.9 Å². The molecule has 1 N–H and O–H groups in total. The van der Waals surface area contributed by atoms with Crippen LogP contribution in [-0.4, -0.2) is 62.0 Å². The Kier molecular flexibility index (Phi) is 9.08. The molecule has 0 unspecified atom stereocenters. The lowest BCUT2D eigenvalue weighted by molar-refractivity contribution is 0.0328. The second-order valence-electron chi connectivity index (χ2n) is 10.8. The minimum atomic E-state index is -1.31. The molecule has 2 aliphatic rings. The largest absolute Gasteiger partial charge is 0.381 e. The molecule has 11 heteroatoms. The molecule has 2 fully saturated rings. The molecule has 0 radical (unpaired) electrons. The average Bonchev–Trinajstić information content (AvgIpc) is 2.81. The summed E-state index contributed by atoms with van der Waals surface area (Å²) in [5.41, 5.74) is -0.426. The summed E-state index contributed by atoms with van der Waals surface area (Å²) in [7, 11) is 0.326. The zero-order valence-corrected chi connectivity index (χ0v) is 23.4. The van der Waals surface area contributed by atoms with E-state index in [4.69, 9.17) is 14.2 Å². The van der Waals surface area contributed by atoms with Crippen LogP contribution in [0.5, 0.6) is 0 Å². The molecule has 36 heavy (non-hydrogen) atoms. The lowest BCUT2D eigenvalue weighted by atomic mass is 9.89. The minimum Gasteiger partial charge on any atom is -0.381 e. The number of halogens is 2. The van der Waals surface area contributed by atoms with E-state index in [1.165, 1.54) is 10.6 Å². The molecule has 1 aromatic carbocycles. The maximum atomic E-state index is 15.2. The van der Waals surface area contributed by atoms with Gasteiger partial charge in [-0.15, -0.1) is 0 Å². The first kappa shape index (κ1) is 27.5. The summed E-state index contributed by atoms with van der Waals surface area (Å²) in [6, 6.07) is 2.39. The Hall–Kier alpha value is -1.53. The van der Waals surface area contributed by atoms with E-state index in [-0.39, 0.29) is 35.5 Å². The van der Waals surface area contributed by atoms with E-state index in [9.17, 15) is 9.18 Å². The van der Waals surface area contributed by atoms with Gasteiger partial charge in [-0.3, -0.25) is 9.36 Å². The SMILES string of the molecule is CO[C@H]1C[C@@H](Nc2cc3nc(CSC4CCOCC4)n(COCC[Si](C)(C)C)c(=O)c3c(F)c2F)C1. The average molecular weight is 542 g/mol. The highest BCUT2D eigenvalue weighted by Gasteiger charge is 2.30. The fraction of sp³-hybridized carbons (Fsp3) is 0.680. The summed E-state index contributed by atoms with van der Waals surface area (Å²) >= 11 is 1.71. The summed E-state index contributed by atoms with van der Waals surface area (Å²) < 4.78 is 48.1. The number of benzene rings is 1. The van der Waals surface area contributed by atoms with Gasteiger partial charge in [0.25, 0.3) is 5.56 Å². The third-order valence-corrected chi connectivity index (χ3v) is 9.90. The van der Waals surface area contributed by atoms with Gasteiger partial charge in [-0.2, -0.15) is 11.8 Å². The van der Waals surface area contributed by atoms with Gasteiger partial charge >= 0.3 is 0 Å². The van der Waals surface area contributed by atoms with Crippen LogP contribution in [0.1, 0.15) is 31.5 Å². The highest BCUT2D eigenvalue weighted by molar-refractivity contribution is 7.99. The number of aromatic nitrogens is 2. The van der Waals surface area contributed by atoms with Gasteiger partial charge in [0.05, 0.1) is 23.1 Å². The van der Waals surface area contributed by atoms with Crippen LogP contribution in [0.3, 0.4) is 0 Å². The Balaban J connectivity index is 1.63. The Labute approximate surface area is 216 Å². The number of fused-ring (bicyclic) bond motifs is 1. The van der Waals surface area contributed by atoms with E-state index in [1.54, 1.807) is 18.9 Å². The van der Waals surface area contributed by atoms with Gasteiger partial charge in [0.15, 0.2) is 11.6 Å². The van der Waals surface area contributed by atoms with Crippen molar-refractivity contribution in [3.8, 4) is 0 Å². The van der Waals surface area contributed by atoms with Gasteiger partial charge in [0, 0.05) is 46.3 Å². The molecule has 1 aliphatic carbocycles. The van der Waals surface area contributed by atoms with Crippen LogP contribution in [0.25, 0.3) is 10.9 Å². The molecule has 1 aliphatic heterocycles. The van der Waals surface area contributed by atoms with Gasteiger partial charge in [-0.25, -0.2) is 13.8 Å². The lowest BCUT2D eigenvalue weighted by Gasteiger charge is -2.35. The van der Waals surface area contributed by atoms with Gasteiger partial charge in [-0.1, -0.05) is 19.6 Å². The molecule has 0 spiro atoms. The maximum absolute atomic E-state index is 15.2. The first-order valence-corrected chi connectivity index (χ1v) is 17.4. The van der Waals surface area contributed by atoms with E-state index in [0.29, 0.717) is 36.3 Å². The Morgan fingerprint density at radius 3 is 2.61 bits per heavy atom. The Morgan fingerprint density at radius 2 is 1.94 bits per heavy atom. The summed E-state index contributed by atoms with van der Waals surface area (Å²) in [5, 5.41) is 3.12. The number of nitrogens with zero attached hydrogens (tertiary/aromatic N) is 2. The monoisotopic (exact) mass is 541 g/mol. The number of hydrogen-bond acceptors (Lipinski definition) is 7. The maximum Gasteiger partial charge on any atom is 0.266 e. The molecule has 0 bridgehead atoms. The molecule has 1 saturated carbocycles. The Morgan fingerprint density at radius 1 is 1.22 bits per heavy atom. The van der Waals surface area contributed by atoms with Gasteiger partial charge in [0.1, 0.15) is 17.9 Å². The number of thioether (sulfide) groups is 1. The predicted molar refractivity (Wildman–Crippen MR) is 143 cm³/mol. The van der Waals surface area contributed by atoms with E-state index < -0.39 is 25.3 Å². The Bertz CT molecular complexity index is 1120. The van der Waals surface area contributed by atoms with E-state index in [2.05, 4.69) is 29.9 Å². The zero-order valence-electron chi connectivity index (χ0n) is 21.6. The molecule has 0 amide bonds. The van der Waals surface area contributed by atoms with Crippen molar-refractivity contribution in [2.45, 2.75) is 81.2 Å². The number of rotatable bonds is 11. The molecule has 7 nitrogen and oxygen atoms in total. The number of ether oxygens (including phenoxy) is 3. The lowest BCUT2D eigenvalue weighted by Crippen LogP contribution is -2.40. The van der Waals surface area contributed by atoms with Crippen molar-refractivity contribution in [1.29, 1.82) is 0 Å². The normalized spacial score (nSPS) is 21.1. The van der Waals surface area contributed by atoms with Gasteiger partial charge in [0.2, 0.25) is 0 Å². The van der Waals surface area contributed by atoms with Gasteiger partial charge < -0.3 is 19.5 Å². The minimum absolute atomic E-state index is 0.00927. The number of methoxy groups -OCH3 is 1. The third kappa shape index (κ3) is 6.66. The molecule has 0 atom stereocenters. The molecule has 2 aromatic rings. The summed E-state index contributed by atoms with van der Waals surface area (Å²) in [5.74, 6) is -1.24. The van der Waals surface area contributed by atoms with Crippen molar-refractivity contribution in [1.82, 2.24) is 9.55 Å². The molecule has 2 heterocycles. The van der Waals surface area contributed by atoms with Crippen molar-refractivity contribution >= 4 is 36.4 Å². The van der Waals surface area contributed by atoms with E-state index in [1.807, 2.05) is 0 Å². The number of hydrogen-bond donors (Lipinski definition) is 1. The second-order valence-corrected chi connectivity index (χ2v) is 17.8. The van der Waals surface area contributed by atoms with Crippen LogP contribution < -0.4 is 10.9 Å². The van der Waals surface area contributed by atoms with Crippen LogP contribution in [0, 0.1) is 11.6 Å². The highest BCUT2D eigenvalue weighted by atomic mass is 32.2. The third-order valence-electron chi connectivity index (χ3n) is 6.83. The van der Waals surface area contributed by atoms with Crippen LogP contribution in [0.2, 0.25) is 25.7 Å². The second kappa shape index (κ2) is 11.9. The fourth-order valence-corrected chi connectivity index (χ4v) is 6.26. The van der Waals surface area contributed by atoms with E-state index in [0.717, 1.165) is 32.1 Å². The number of nitrogens with one attached hydrogen (secondary N) is 1. The predicted octanol–water partition coefficient (Wildman–Crippen LogP) is 4.99. The van der Waals surface area contributed by atoms with Crippen molar-refractivity contribution in [3.05, 3.63) is 33.9 Å². The molecule has 200 valence electrons. The standard InChI is InChI=1S/C25H37F2N3O4SSi/c1-32-17-11-16(12-17)28-20-13-19-22(24(27)23(20)26)25(31)30(15-34-9-10-36(2,3)4)21(29-19)14-35-18-5-7-33-8-6-18/h13,16-18,28H,5-12,14-15H2,1-4H3/t16-,17+. The van der Waals surface area contributed by atoms with Gasteiger partial charge in [-0.05, 0) is 37.8 Å². The summed E-state index contributed by atoms with van der Waals surface area (Å²) in [4.78, 5) is 18.1. The van der Waals surface area contributed by atoms with Crippen molar-refractivity contribution in [3.63, 3.8) is 0 Å². The van der Waals surface area contributed by atoms with E-state index >= 15 is 4.39 Å².